The van der Waals surface area contributed by atoms with Gasteiger partial charge in [0.05, 0.1) is 0 Å². The van der Waals surface area contributed by atoms with Crippen molar-refractivity contribution in [3.05, 3.63) is 30.3 Å². The maximum absolute atomic E-state index is 13.3. The summed E-state index contributed by atoms with van der Waals surface area (Å²) in [5.41, 5.74) is 0.703. The molecule has 1 aromatic carbocycles. The SMILES string of the molecule is CC1CN1P(=O)(c1ccccc1)P1CC1C. The van der Waals surface area contributed by atoms with Crippen LogP contribution in [0.15, 0.2) is 30.3 Å². The maximum atomic E-state index is 13.3. The van der Waals surface area contributed by atoms with Gasteiger partial charge in [-0.05, 0) is 38.5 Å². The molecule has 0 aliphatic carbocycles. The van der Waals surface area contributed by atoms with Crippen molar-refractivity contribution >= 4 is 19.9 Å². The van der Waals surface area contributed by atoms with Crippen LogP contribution in [0.3, 0.4) is 0 Å². The second-order valence-corrected chi connectivity index (χ2v) is 12.2. The Balaban J connectivity index is 2.00. The van der Waals surface area contributed by atoms with Crippen LogP contribution < -0.4 is 5.30 Å². The zero-order chi connectivity index (χ0) is 11.3. The highest BCUT2D eigenvalue weighted by Crippen LogP contribution is 2.89. The molecule has 2 aliphatic rings. The van der Waals surface area contributed by atoms with Gasteiger partial charge < -0.3 is 0 Å². The minimum atomic E-state index is -2.21. The molecule has 2 nitrogen and oxygen atoms in total. The molecule has 0 bridgehead atoms. The van der Waals surface area contributed by atoms with Gasteiger partial charge in [0, 0.05) is 17.9 Å². The van der Waals surface area contributed by atoms with Gasteiger partial charge in [-0.25, -0.2) is 4.67 Å². The first-order chi connectivity index (χ1) is 7.64. The summed E-state index contributed by atoms with van der Waals surface area (Å²) in [4.78, 5) is 0. The summed E-state index contributed by atoms with van der Waals surface area (Å²) < 4.78 is 15.6. The molecular weight excluding hydrogens is 236 g/mol. The minimum absolute atomic E-state index is 0.256. The molecule has 0 N–H and O–H groups in total. The first kappa shape index (κ1) is 11.0. The number of nitrogens with zero attached hydrogens (tertiary/aromatic N) is 1. The Morgan fingerprint density at radius 3 is 2.31 bits per heavy atom. The first-order valence-electron chi connectivity index (χ1n) is 5.84. The predicted molar refractivity (Wildman–Crippen MR) is 71.1 cm³/mol. The van der Waals surface area contributed by atoms with Crippen LogP contribution >= 0.6 is 14.6 Å². The van der Waals surface area contributed by atoms with Crippen LogP contribution in [-0.2, 0) is 4.57 Å². The van der Waals surface area contributed by atoms with Gasteiger partial charge in [0.15, 0.2) is 6.98 Å². The van der Waals surface area contributed by atoms with Crippen LogP contribution in [0, 0.1) is 0 Å². The molecule has 5 atom stereocenters. The van der Waals surface area contributed by atoms with Crippen LogP contribution in [0.25, 0.3) is 0 Å². The molecule has 5 unspecified atom stereocenters. The summed E-state index contributed by atoms with van der Waals surface area (Å²) in [6.45, 7) is 3.24. The summed E-state index contributed by atoms with van der Waals surface area (Å²) in [5, 5.41) is 1.09. The summed E-state index contributed by atoms with van der Waals surface area (Å²) in [5.74, 6) is 0. The number of rotatable bonds is 3. The van der Waals surface area contributed by atoms with Crippen molar-refractivity contribution in [1.29, 1.82) is 0 Å². The predicted octanol–water partition coefficient (Wildman–Crippen LogP) is 3.09. The fourth-order valence-corrected chi connectivity index (χ4v) is 12.5. The van der Waals surface area contributed by atoms with Crippen molar-refractivity contribution in [2.45, 2.75) is 25.5 Å². The van der Waals surface area contributed by atoms with Crippen molar-refractivity contribution in [1.82, 2.24) is 4.67 Å². The maximum Gasteiger partial charge on any atom is 0.198 e. The average molecular weight is 253 g/mol. The van der Waals surface area contributed by atoms with Gasteiger partial charge in [-0.15, -0.1) is 0 Å². The fourth-order valence-electron chi connectivity index (χ4n) is 2.27. The molecule has 2 heterocycles. The topological polar surface area (TPSA) is 20.1 Å². The normalized spacial score (nSPS) is 40.1. The quantitative estimate of drug-likeness (QED) is 0.609. The third kappa shape index (κ3) is 1.59. The Morgan fingerprint density at radius 1 is 1.31 bits per heavy atom. The third-order valence-corrected chi connectivity index (χ3v) is 13.2. The largest absolute Gasteiger partial charge is 0.297 e. The van der Waals surface area contributed by atoms with E-state index >= 15 is 0 Å². The Morgan fingerprint density at radius 2 is 1.88 bits per heavy atom. The van der Waals surface area contributed by atoms with Crippen LogP contribution in [0.5, 0.6) is 0 Å². The molecule has 1 aromatic rings. The summed E-state index contributed by atoms with van der Waals surface area (Å²) in [6.07, 6.45) is 1.20. The van der Waals surface area contributed by atoms with Crippen LogP contribution in [-0.4, -0.2) is 29.1 Å². The van der Waals surface area contributed by atoms with E-state index in [4.69, 9.17) is 0 Å². The van der Waals surface area contributed by atoms with Crippen LogP contribution in [0.1, 0.15) is 13.8 Å². The smallest absolute Gasteiger partial charge is 0.198 e. The van der Waals surface area contributed by atoms with Crippen molar-refractivity contribution in [2.75, 3.05) is 12.7 Å². The second-order valence-electron chi connectivity index (χ2n) is 4.82. The monoisotopic (exact) mass is 253 g/mol. The Hall–Kier alpha value is -0.160. The van der Waals surface area contributed by atoms with E-state index in [0.717, 1.165) is 11.8 Å². The van der Waals surface area contributed by atoms with Gasteiger partial charge in [-0.2, -0.15) is 0 Å². The molecule has 0 saturated carbocycles. The Bertz CT molecular complexity index is 428. The Kier molecular flexibility index (Phi) is 2.51. The lowest BCUT2D eigenvalue weighted by molar-refractivity contribution is 0.565. The lowest BCUT2D eigenvalue weighted by atomic mass is 10.4. The van der Waals surface area contributed by atoms with Gasteiger partial charge in [-0.1, -0.05) is 25.1 Å². The van der Waals surface area contributed by atoms with E-state index in [0.29, 0.717) is 11.7 Å². The highest BCUT2D eigenvalue weighted by atomic mass is 32.1. The zero-order valence-corrected chi connectivity index (χ0v) is 11.5. The van der Waals surface area contributed by atoms with Gasteiger partial charge in [-0.3, -0.25) is 4.57 Å². The van der Waals surface area contributed by atoms with Crippen LogP contribution in [0.2, 0.25) is 0 Å². The molecule has 0 aromatic heterocycles. The van der Waals surface area contributed by atoms with E-state index in [1.54, 1.807) is 0 Å². The minimum Gasteiger partial charge on any atom is -0.297 e. The molecule has 16 heavy (non-hydrogen) atoms. The van der Waals surface area contributed by atoms with E-state index in [1.165, 1.54) is 6.16 Å². The highest BCUT2D eigenvalue weighted by molar-refractivity contribution is 8.38. The molecule has 0 radical (unpaired) electrons. The molecule has 86 valence electrons. The third-order valence-electron chi connectivity index (χ3n) is 3.44. The first-order valence-corrected chi connectivity index (χ1v) is 9.80. The van der Waals surface area contributed by atoms with Crippen molar-refractivity contribution in [3.63, 3.8) is 0 Å². The van der Waals surface area contributed by atoms with E-state index in [-0.39, 0.29) is 7.61 Å². The average Bonchev–Trinajstić information content (AvgIpc) is 3.18. The second kappa shape index (κ2) is 3.67. The molecular formula is C12H17NOP2. The Labute approximate surface area is 98.1 Å². The molecule has 4 heteroatoms. The van der Waals surface area contributed by atoms with Crippen molar-refractivity contribution < 1.29 is 4.57 Å². The molecule has 2 saturated heterocycles. The standard InChI is InChI=1S/C12H17NOP2/c1-10-8-13(10)16(14,15-9-11(15)2)12-6-4-3-5-7-12/h3-7,10-11H,8-9H2,1-2H3. The molecule has 0 amide bonds. The molecule has 0 spiro atoms. The number of hydrogen-bond acceptors (Lipinski definition) is 1. The fraction of sp³-hybridized carbons (Fsp3) is 0.500. The zero-order valence-electron chi connectivity index (χ0n) is 9.71. The van der Waals surface area contributed by atoms with Gasteiger partial charge >= 0.3 is 0 Å². The van der Waals surface area contributed by atoms with Crippen molar-refractivity contribution in [3.8, 4) is 0 Å². The lowest BCUT2D eigenvalue weighted by Gasteiger charge is -2.20. The van der Waals surface area contributed by atoms with E-state index < -0.39 is 6.98 Å². The molecule has 3 rings (SSSR count). The summed E-state index contributed by atoms with van der Waals surface area (Å²) in [6, 6.07) is 10.7. The van der Waals surface area contributed by atoms with Crippen molar-refractivity contribution in [2.24, 2.45) is 0 Å². The number of benzene rings is 1. The molecule has 2 fully saturated rings. The van der Waals surface area contributed by atoms with Gasteiger partial charge in [0.25, 0.3) is 0 Å². The molecule has 2 aliphatic heterocycles. The van der Waals surface area contributed by atoms with Gasteiger partial charge in [0.2, 0.25) is 0 Å². The van der Waals surface area contributed by atoms with Crippen LogP contribution in [0.4, 0.5) is 0 Å². The van der Waals surface area contributed by atoms with Gasteiger partial charge in [0.1, 0.15) is 0 Å². The van der Waals surface area contributed by atoms with E-state index in [2.05, 4.69) is 30.7 Å². The number of hydrogen-bond donors (Lipinski definition) is 0. The highest BCUT2D eigenvalue weighted by Gasteiger charge is 2.56. The lowest BCUT2D eigenvalue weighted by Crippen LogP contribution is -2.08. The summed E-state index contributed by atoms with van der Waals surface area (Å²) >= 11 is 0. The van der Waals surface area contributed by atoms with E-state index in [1.807, 2.05) is 18.2 Å². The summed E-state index contributed by atoms with van der Waals surface area (Å²) in [7, 11) is -0.256. The van der Waals surface area contributed by atoms with E-state index in [9.17, 15) is 4.57 Å².